The smallest absolute Gasteiger partial charge is 0.241 e. The summed E-state index contributed by atoms with van der Waals surface area (Å²) < 4.78 is 10.6. The maximum Gasteiger partial charge on any atom is 0.241 e. The van der Waals surface area contributed by atoms with Gasteiger partial charge in [0.2, 0.25) is 11.7 Å². The Morgan fingerprint density at radius 1 is 1.27 bits per heavy atom. The third-order valence-electron chi connectivity index (χ3n) is 4.37. The van der Waals surface area contributed by atoms with E-state index in [0.29, 0.717) is 17.8 Å². The molecule has 1 unspecified atom stereocenters. The highest BCUT2D eigenvalue weighted by atomic mass is 16.5. The lowest BCUT2D eigenvalue weighted by Crippen LogP contribution is -2.38. The summed E-state index contributed by atoms with van der Waals surface area (Å²) >= 11 is 0. The minimum absolute atomic E-state index is 0.641. The van der Waals surface area contributed by atoms with Crippen molar-refractivity contribution in [1.82, 2.24) is 15.0 Å². The van der Waals surface area contributed by atoms with E-state index in [2.05, 4.69) is 22.0 Å². The fraction of sp³-hybridized carbons (Fsp3) is 0.529. The number of likely N-dealkylation sites (tertiary alicyclic amines) is 1. The van der Waals surface area contributed by atoms with E-state index in [0.717, 1.165) is 24.4 Å². The third-order valence-corrected chi connectivity index (χ3v) is 4.37. The van der Waals surface area contributed by atoms with Gasteiger partial charge >= 0.3 is 0 Å². The second kappa shape index (κ2) is 6.92. The molecule has 1 aromatic heterocycles. The molecule has 1 saturated heterocycles. The van der Waals surface area contributed by atoms with Gasteiger partial charge in [0.05, 0.1) is 13.7 Å². The van der Waals surface area contributed by atoms with Crippen LogP contribution in [0, 0.1) is 0 Å². The number of benzene rings is 1. The molecular weight excluding hydrogens is 278 g/mol. The first-order valence-electron chi connectivity index (χ1n) is 8.01. The third kappa shape index (κ3) is 3.30. The van der Waals surface area contributed by atoms with Gasteiger partial charge in [-0.2, -0.15) is 4.98 Å². The molecule has 1 aliphatic heterocycles. The van der Waals surface area contributed by atoms with Gasteiger partial charge in [-0.05, 0) is 50.1 Å². The van der Waals surface area contributed by atoms with E-state index in [9.17, 15) is 0 Å². The molecule has 0 aliphatic carbocycles. The average Bonchev–Trinajstić information content (AvgIpc) is 3.04. The van der Waals surface area contributed by atoms with Crippen molar-refractivity contribution in [3.05, 3.63) is 30.2 Å². The first-order valence-corrected chi connectivity index (χ1v) is 8.01. The normalized spacial score (nSPS) is 19.3. The SMILES string of the molecule is CCC1CCCCN1Cc1nc(-c2ccc(OC)cc2)no1. The van der Waals surface area contributed by atoms with Crippen LogP contribution >= 0.6 is 0 Å². The Balaban J connectivity index is 1.70. The van der Waals surface area contributed by atoms with Crippen molar-refractivity contribution in [3.63, 3.8) is 0 Å². The van der Waals surface area contributed by atoms with Gasteiger partial charge in [-0.3, -0.25) is 4.90 Å². The molecule has 0 N–H and O–H groups in total. The van der Waals surface area contributed by atoms with Crippen LogP contribution in [0.25, 0.3) is 11.4 Å². The largest absolute Gasteiger partial charge is 0.497 e. The molecule has 1 aliphatic rings. The molecule has 0 spiro atoms. The van der Waals surface area contributed by atoms with Gasteiger partial charge in [-0.1, -0.05) is 18.5 Å². The monoisotopic (exact) mass is 301 g/mol. The zero-order chi connectivity index (χ0) is 15.4. The molecule has 118 valence electrons. The Morgan fingerprint density at radius 3 is 2.82 bits per heavy atom. The van der Waals surface area contributed by atoms with Crippen LogP contribution < -0.4 is 4.74 Å². The van der Waals surface area contributed by atoms with Crippen LogP contribution in [0.5, 0.6) is 5.75 Å². The van der Waals surface area contributed by atoms with Crippen LogP contribution in [0.15, 0.2) is 28.8 Å². The molecule has 1 fully saturated rings. The van der Waals surface area contributed by atoms with E-state index >= 15 is 0 Å². The second-order valence-electron chi connectivity index (χ2n) is 5.77. The van der Waals surface area contributed by atoms with Crippen molar-refractivity contribution in [2.75, 3.05) is 13.7 Å². The fourth-order valence-corrected chi connectivity index (χ4v) is 3.08. The average molecular weight is 301 g/mol. The van der Waals surface area contributed by atoms with Crippen molar-refractivity contribution in [2.24, 2.45) is 0 Å². The lowest BCUT2D eigenvalue weighted by Gasteiger charge is -2.33. The first kappa shape index (κ1) is 15.0. The van der Waals surface area contributed by atoms with E-state index in [1.54, 1.807) is 7.11 Å². The summed E-state index contributed by atoms with van der Waals surface area (Å²) in [6.45, 7) is 4.13. The van der Waals surface area contributed by atoms with Crippen LogP contribution in [0.2, 0.25) is 0 Å². The minimum Gasteiger partial charge on any atom is -0.497 e. The molecule has 1 atom stereocenters. The predicted molar refractivity (Wildman–Crippen MR) is 84.6 cm³/mol. The summed E-state index contributed by atoms with van der Waals surface area (Å²) in [5.41, 5.74) is 0.946. The molecule has 1 aromatic carbocycles. The summed E-state index contributed by atoms with van der Waals surface area (Å²) in [6, 6.07) is 8.35. The second-order valence-corrected chi connectivity index (χ2v) is 5.77. The maximum atomic E-state index is 5.44. The molecule has 5 heteroatoms. The highest BCUT2D eigenvalue weighted by Crippen LogP contribution is 2.23. The quantitative estimate of drug-likeness (QED) is 0.846. The highest BCUT2D eigenvalue weighted by Gasteiger charge is 2.23. The number of rotatable bonds is 5. The molecule has 0 saturated carbocycles. The van der Waals surface area contributed by atoms with Gasteiger partial charge in [0, 0.05) is 11.6 Å². The molecule has 2 aromatic rings. The topological polar surface area (TPSA) is 51.4 Å². The highest BCUT2D eigenvalue weighted by molar-refractivity contribution is 5.55. The number of methoxy groups -OCH3 is 1. The van der Waals surface area contributed by atoms with E-state index in [-0.39, 0.29) is 0 Å². The van der Waals surface area contributed by atoms with Gasteiger partial charge in [-0.25, -0.2) is 0 Å². The standard InChI is InChI=1S/C17H23N3O2/c1-3-14-6-4-5-11-20(14)12-16-18-17(19-22-16)13-7-9-15(21-2)10-8-13/h7-10,14H,3-6,11-12H2,1-2H3. The summed E-state index contributed by atoms with van der Waals surface area (Å²) in [6.07, 6.45) is 5.04. The van der Waals surface area contributed by atoms with Crippen LogP contribution in [-0.2, 0) is 6.54 Å². The summed E-state index contributed by atoms with van der Waals surface area (Å²) in [4.78, 5) is 7.01. The minimum atomic E-state index is 0.641. The zero-order valence-corrected chi connectivity index (χ0v) is 13.3. The van der Waals surface area contributed by atoms with Gasteiger partial charge in [0.1, 0.15) is 5.75 Å². The Morgan fingerprint density at radius 2 is 2.09 bits per heavy atom. The van der Waals surface area contributed by atoms with Crippen molar-refractivity contribution in [3.8, 4) is 17.1 Å². The number of hydrogen-bond acceptors (Lipinski definition) is 5. The molecule has 0 radical (unpaired) electrons. The lowest BCUT2D eigenvalue weighted by molar-refractivity contribution is 0.120. The van der Waals surface area contributed by atoms with E-state index in [4.69, 9.17) is 9.26 Å². The predicted octanol–water partition coefficient (Wildman–Crippen LogP) is 3.51. The Hall–Kier alpha value is -1.88. The summed E-state index contributed by atoms with van der Waals surface area (Å²) in [7, 11) is 1.66. The number of hydrogen-bond donors (Lipinski definition) is 0. The lowest BCUT2D eigenvalue weighted by atomic mass is 10.0. The van der Waals surface area contributed by atoms with Gasteiger partial charge in [-0.15, -0.1) is 0 Å². The zero-order valence-electron chi connectivity index (χ0n) is 13.3. The van der Waals surface area contributed by atoms with E-state index in [1.165, 1.54) is 25.7 Å². The van der Waals surface area contributed by atoms with Gasteiger partial charge in [0.25, 0.3) is 0 Å². The Kier molecular flexibility index (Phi) is 4.73. The van der Waals surface area contributed by atoms with Crippen LogP contribution in [0.1, 0.15) is 38.5 Å². The summed E-state index contributed by atoms with van der Waals surface area (Å²) in [5.74, 6) is 2.17. The van der Waals surface area contributed by atoms with Crippen molar-refractivity contribution < 1.29 is 9.26 Å². The number of piperidine rings is 1. The molecular formula is C17H23N3O2. The Labute approximate surface area is 131 Å². The van der Waals surface area contributed by atoms with Crippen molar-refractivity contribution in [1.29, 1.82) is 0 Å². The van der Waals surface area contributed by atoms with Gasteiger partial charge in [0.15, 0.2) is 0 Å². The van der Waals surface area contributed by atoms with Crippen LogP contribution in [0.4, 0.5) is 0 Å². The van der Waals surface area contributed by atoms with Gasteiger partial charge < -0.3 is 9.26 Å². The fourth-order valence-electron chi connectivity index (χ4n) is 3.08. The summed E-state index contributed by atoms with van der Waals surface area (Å²) in [5, 5.41) is 4.10. The van der Waals surface area contributed by atoms with Crippen LogP contribution in [-0.4, -0.2) is 34.7 Å². The maximum absolute atomic E-state index is 5.44. The van der Waals surface area contributed by atoms with E-state index < -0.39 is 0 Å². The van der Waals surface area contributed by atoms with Crippen LogP contribution in [0.3, 0.4) is 0 Å². The molecule has 22 heavy (non-hydrogen) atoms. The molecule has 3 rings (SSSR count). The molecule has 0 amide bonds. The number of ether oxygens (including phenoxy) is 1. The number of nitrogens with zero attached hydrogens (tertiary/aromatic N) is 3. The Bertz CT molecular complexity index is 594. The van der Waals surface area contributed by atoms with Crippen molar-refractivity contribution >= 4 is 0 Å². The number of aromatic nitrogens is 2. The molecule has 5 nitrogen and oxygen atoms in total. The van der Waals surface area contributed by atoms with E-state index in [1.807, 2.05) is 24.3 Å². The van der Waals surface area contributed by atoms with Crippen molar-refractivity contribution in [2.45, 2.75) is 45.2 Å². The molecule has 0 bridgehead atoms. The molecule has 2 heterocycles. The first-order chi connectivity index (χ1) is 10.8.